The number of likely N-dealkylation sites (N-methyl/N-ethyl adjacent to an activating group) is 1. The van der Waals surface area contributed by atoms with Crippen molar-refractivity contribution >= 4 is 61.6 Å². The molecular formula is C38H58N7O5PSi. The molecule has 0 bridgehead atoms. The highest BCUT2D eigenvalue weighted by atomic mass is 31.2. The van der Waals surface area contributed by atoms with Crippen LogP contribution in [0, 0.1) is 0 Å². The van der Waals surface area contributed by atoms with E-state index in [1.165, 1.54) is 0 Å². The second-order valence-corrected chi connectivity index (χ2v) is 22.6. The Morgan fingerprint density at radius 1 is 1.02 bits per heavy atom. The zero-order chi connectivity index (χ0) is 37.5. The van der Waals surface area contributed by atoms with E-state index in [0.29, 0.717) is 44.3 Å². The maximum atomic E-state index is 10.3. The van der Waals surface area contributed by atoms with E-state index >= 15 is 0 Å². The lowest BCUT2D eigenvalue weighted by Gasteiger charge is -2.40. The van der Waals surface area contributed by atoms with Crippen molar-refractivity contribution in [2.24, 2.45) is 0 Å². The molecule has 0 unspecified atom stereocenters. The van der Waals surface area contributed by atoms with Gasteiger partial charge in [0.25, 0.3) is 0 Å². The van der Waals surface area contributed by atoms with Gasteiger partial charge in [-0.1, -0.05) is 31.8 Å². The third-order valence-corrected chi connectivity index (χ3v) is 12.3. The SMILES string of the molecule is CCOc1cc(Nc2nc(Nc3ccccc3P(OC)OC)c3ccn(COCC[Si](C)(C)C)c3n2)ccc1N1CCC(N(C)CC(C)(C)O)CC1. The fourth-order valence-electron chi connectivity index (χ4n) is 6.54. The van der Waals surface area contributed by atoms with Crippen molar-refractivity contribution in [3.05, 3.63) is 54.7 Å². The van der Waals surface area contributed by atoms with Gasteiger partial charge in [0.05, 0.1) is 34.3 Å². The fraction of sp³-hybridized carbons (Fsp3) is 0.526. The van der Waals surface area contributed by atoms with E-state index in [4.69, 9.17) is 28.5 Å². The van der Waals surface area contributed by atoms with Crippen molar-refractivity contribution in [2.45, 2.75) is 77.7 Å². The lowest BCUT2D eigenvalue weighted by molar-refractivity contribution is 0.0274. The number of fused-ring (bicyclic) bond motifs is 1. The molecule has 3 heterocycles. The minimum Gasteiger partial charge on any atom is -0.492 e. The second kappa shape index (κ2) is 17.7. The van der Waals surface area contributed by atoms with Crippen molar-refractivity contribution in [2.75, 3.05) is 69.6 Å². The number of hydrogen-bond acceptors (Lipinski definition) is 11. The van der Waals surface area contributed by atoms with Crippen molar-refractivity contribution < 1.29 is 23.6 Å². The van der Waals surface area contributed by atoms with Gasteiger partial charge in [0.15, 0.2) is 0 Å². The van der Waals surface area contributed by atoms with Gasteiger partial charge in [-0.2, -0.15) is 9.97 Å². The molecule has 5 rings (SSSR count). The number of anilines is 5. The average molecular weight is 752 g/mol. The first-order valence-corrected chi connectivity index (χ1v) is 23.1. The summed E-state index contributed by atoms with van der Waals surface area (Å²) in [4.78, 5) is 14.7. The van der Waals surface area contributed by atoms with Crippen LogP contribution < -0.4 is 25.6 Å². The molecule has 2 aromatic heterocycles. The third-order valence-electron chi connectivity index (χ3n) is 9.11. The van der Waals surface area contributed by atoms with Crippen LogP contribution in [0.25, 0.3) is 11.0 Å². The molecule has 3 N–H and O–H groups in total. The minimum absolute atomic E-state index is 0.395. The largest absolute Gasteiger partial charge is 0.492 e. The molecule has 1 fully saturated rings. The summed E-state index contributed by atoms with van der Waals surface area (Å²) < 4.78 is 25.7. The van der Waals surface area contributed by atoms with E-state index in [0.717, 1.165) is 71.1 Å². The first-order valence-electron chi connectivity index (χ1n) is 18.2. The Balaban J connectivity index is 1.42. The first-order chi connectivity index (χ1) is 24.8. The lowest BCUT2D eigenvalue weighted by atomic mass is 10.0. The van der Waals surface area contributed by atoms with Crippen LogP contribution in [-0.4, -0.2) is 98.4 Å². The molecule has 0 spiro atoms. The molecule has 4 aromatic rings. The molecule has 0 aliphatic carbocycles. The zero-order valence-electron chi connectivity index (χ0n) is 32.4. The molecule has 284 valence electrons. The fourth-order valence-corrected chi connectivity index (χ4v) is 8.37. The first kappa shape index (κ1) is 39.9. The predicted molar refractivity (Wildman–Crippen MR) is 217 cm³/mol. The number of rotatable bonds is 18. The lowest BCUT2D eigenvalue weighted by Crippen LogP contribution is -2.47. The molecule has 52 heavy (non-hydrogen) atoms. The molecule has 1 aliphatic rings. The monoisotopic (exact) mass is 751 g/mol. The smallest absolute Gasteiger partial charge is 0.231 e. The van der Waals surface area contributed by atoms with Gasteiger partial charge >= 0.3 is 0 Å². The Kier molecular flexibility index (Phi) is 13.6. The van der Waals surface area contributed by atoms with E-state index in [1.807, 2.05) is 67.9 Å². The summed E-state index contributed by atoms with van der Waals surface area (Å²) in [6.45, 7) is 16.9. The molecule has 14 heteroatoms. The number of hydrogen-bond donors (Lipinski definition) is 3. The van der Waals surface area contributed by atoms with E-state index in [1.54, 1.807) is 14.2 Å². The summed E-state index contributed by atoms with van der Waals surface area (Å²) in [5.74, 6) is 1.92. The number of benzene rings is 2. The number of ether oxygens (including phenoxy) is 2. The van der Waals surface area contributed by atoms with E-state index in [2.05, 4.69) is 59.3 Å². The number of nitrogens with zero attached hydrogens (tertiary/aromatic N) is 5. The van der Waals surface area contributed by atoms with Gasteiger partial charge in [-0.25, -0.2) is 0 Å². The van der Waals surface area contributed by atoms with Gasteiger partial charge < -0.3 is 48.6 Å². The van der Waals surface area contributed by atoms with Crippen molar-refractivity contribution in [3.63, 3.8) is 0 Å². The standard InChI is InChI=1S/C38H58N7O5PSi/c1-10-50-33-25-28(15-16-32(33)44-20-17-29(18-21-44)43(4)26-38(2,3)46)39-37-41-35(40-31-13-11-12-14-34(31)51(47-5)48-6)30-19-22-45(36(30)42-37)27-49-23-24-52(7,8)9/h11-16,19,22,25,29,46H,10,17-18,20-21,23-24,26-27H2,1-9H3,(H2,39,40,41,42). The van der Waals surface area contributed by atoms with E-state index in [-0.39, 0.29) is 0 Å². The summed E-state index contributed by atoms with van der Waals surface area (Å²) >= 11 is 0. The van der Waals surface area contributed by atoms with Crippen molar-refractivity contribution in [1.29, 1.82) is 0 Å². The van der Waals surface area contributed by atoms with Gasteiger partial charge in [-0.3, -0.25) is 0 Å². The summed E-state index contributed by atoms with van der Waals surface area (Å²) in [5.41, 5.74) is 2.78. The molecule has 1 aliphatic heterocycles. The number of aromatic nitrogens is 3. The average Bonchev–Trinajstić information content (AvgIpc) is 3.50. The molecule has 0 amide bonds. The van der Waals surface area contributed by atoms with Gasteiger partial charge in [-0.05, 0) is 77.0 Å². The summed E-state index contributed by atoms with van der Waals surface area (Å²) in [7, 11) is 2.92. The minimum atomic E-state index is -1.28. The van der Waals surface area contributed by atoms with Crippen LogP contribution in [0.2, 0.25) is 25.7 Å². The van der Waals surface area contributed by atoms with Gasteiger partial charge in [0, 0.05) is 72.5 Å². The van der Waals surface area contributed by atoms with Crippen LogP contribution in [-0.2, 0) is 20.5 Å². The maximum absolute atomic E-state index is 10.3. The molecule has 12 nitrogen and oxygen atoms in total. The van der Waals surface area contributed by atoms with Crippen molar-refractivity contribution in [1.82, 2.24) is 19.4 Å². The Hall–Kier alpha value is -3.29. The summed E-state index contributed by atoms with van der Waals surface area (Å²) in [5, 5.41) is 19.2. The van der Waals surface area contributed by atoms with E-state index in [9.17, 15) is 5.11 Å². The molecule has 2 aromatic carbocycles. The number of aliphatic hydroxyl groups is 1. The molecular weight excluding hydrogens is 694 g/mol. The van der Waals surface area contributed by atoms with Crippen LogP contribution >= 0.6 is 8.38 Å². The predicted octanol–water partition coefficient (Wildman–Crippen LogP) is 7.53. The zero-order valence-corrected chi connectivity index (χ0v) is 34.3. The van der Waals surface area contributed by atoms with Crippen LogP contribution in [0.15, 0.2) is 54.7 Å². The maximum Gasteiger partial charge on any atom is 0.231 e. The quantitative estimate of drug-likeness (QED) is 0.0532. The highest BCUT2D eigenvalue weighted by Gasteiger charge is 2.27. The topological polar surface area (TPSA) is 118 Å². The Bertz CT molecular complexity index is 1750. The summed E-state index contributed by atoms with van der Waals surface area (Å²) in [6, 6.07) is 17.7. The van der Waals surface area contributed by atoms with Crippen LogP contribution in [0.3, 0.4) is 0 Å². The van der Waals surface area contributed by atoms with E-state index < -0.39 is 22.1 Å². The normalized spacial score (nSPS) is 14.5. The molecule has 0 saturated carbocycles. The number of para-hydroxylation sites is 1. The Morgan fingerprint density at radius 3 is 2.42 bits per heavy atom. The van der Waals surface area contributed by atoms with Crippen molar-refractivity contribution in [3.8, 4) is 5.75 Å². The van der Waals surface area contributed by atoms with Crippen LogP contribution in [0.1, 0.15) is 33.6 Å². The highest BCUT2D eigenvalue weighted by molar-refractivity contribution is 7.56. The van der Waals surface area contributed by atoms with Gasteiger partial charge in [0.2, 0.25) is 14.3 Å². The second-order valence-electron chi connectivity index (χ2n) is 15.2. The van der Waals surface area contributed by atoms with Crippen LogP contribution in [0.5, 0.6) is 5.75 Å². The van der Waals surface area contributed by atoms with Gasteiger partial charge in [0.1, 0.15) is 23.9 Å². The number of nitrogens with one attached hydrogen (secondary N) is 2. The Morgan fingerprint density at radius 2 is 1.75 bits per heavy atom. The third kappa shape index (κ3) is 10.7. The molecule has 1 saturated heterocycles. The Labute approximate surface area is 311 Å². The molecule has 0 atom stereocenters. The summed E-state index contributed by atoms with van der Waals surface area (Å²) in [6.07, 6.45) is 4.03. The van der Waals surface area contributed by atoms with Crippen LogP contribution in [0.4, 0.5) is 28.8 Å². The highest BCUT2D eigenvalue weighted by Crippen LogP contribution is 2.39. The van der Waals surface area contributed by atoms with Gasteiger partial charge in [-0.15, -0.1) is 0 Å². The molecule has 0 radical (unpaired) electrons. The number of piperidine rings is 1.